The third kappa shape index (κ3) is 3.38. The van der Waals surface area contributed by atoms with Crippen molar-refractivity contribution in [1.82, 2.24) is 4.98 Å². The number of carbonyl (C=O) groups is 1. The number of hydrogen-bond donors (Lipinski definition) is 2. The number of amides is 1. The van der Waals surface area contributed by atoms with Gasteiger partial charge in [-0.3, -0.25) is 9.36 Å². The summed E-state index contributed by atoms with van der Waals surface area (Å²) < 4.78 is 19.5. The highest BCUT2D eigenvalue weighted by Gasteiger charge is 2.35. The molecule has 1 atom stereocenters. The summed E-state index contributed by atoms with van der Waals surface area (Å²) in [6.45, 7) is 1.84. The standard InChI is InChI=1S/C19H17ClN3O3P/c1-11-7-12(5-6-21)9-14(8-11)27(25,26-2)18-15-10-13(20)3-4-16(15)23-17(18)19(22)24/h3-4,7-10,23H,5H2,1-2H3,(H2,22,24). The maximum Gasteiger partial charge on any atom is 0.266 e. The molecule has 0 bridgehead atoms. The number of aryl methyl sites for hydroxylation is 1. The first-order valence-electron chi connectivity index (χ1n) is 8.05. The van der Waals surface area contributed by atoms with Gasteiger partial charge in [-0.25, -0.2) is 0 Å². The Labute approximate surface area is 161 Å². The number of nitrogens with zero attached hydrogens (tertiary/aromatic N) is 1. The molecule has 0 saturated heterocycles. The van der Waals surface area contributed by atoms with E-state index < -0.39 is 13.3 Å². The van der Waals surface area contributed by atoms with E-state index in [0.29, 0.717) is 26.8 Å². The number of aromatic amines is 1. The molecule has 1 heterocycles. The first kappa shape index (κ1) is 19.2. The van der Waals surface area contributed by atoms with Gasteiger partial charge >= 0.3 is 0 Å². The van der Waals surface area contributed by atoms with Gasteiger partial charge in [-0.1, -0.05) is 17.7 Å². The minimum atomic E-state index is -3.69. The number of nitrogens with two attached hydrogens (primary N) is 1. The van der Waals surface area contributed by atoms with Crippen LogP contribution in [-0.2, 0) is 15.5 Å². The number of aromatic nitrogens is 1. The topological polar surface area (TPSA) is 109 Å². The van der Waals surface area contributed by atoms with Crippen molar-refractivity contribution in [3.63, 3.8) is 0 Å². The quantitative estimate of drug-likeness (QED) is 0.640. The lowest BCUT2D eigenvalue weighted by Gasteiger charge is -2.19. The fraction of sp³-hybridized carbons (Fsp3) is 0.158. The Bertz CT molecular complexity index is 1150. The van der Waals surface area contributed by atoms with E-state index in [0.717, 1.165) is 5.56 Å². The average Bonchev–Trinajstić information content (AvgIpc) is 3.00. The molecular weight excluding hydrogens is 385 g/mol. The summed E-state index contributed by atoms with van der Waals surface area (Å²) in [5.41, 5.74) is 7.66. The second kappa shape index (κ2) is 7.21. The van der Waals surface area contributed by atoms with Gasteiger partial charge in [0.2, 0.25) is 0 Å². The second-order valence-corrected chi connectivity index (χ2v) is 9.02. The second-order valence-electron chi connectivity index (χ2n) is 6.15. The Kier molecular flexibility index (Phi) is 5.12. The van der Waals surface area contributed by atoms with Crippen molar-refractivity contribution in [3.05, 3.63) is 58.2 Å². The van der Waals surface area contributed by atoms with E-state index in [1.54, 1.807) is 30.3 Å². The van der Waals surface area contributed by atoms with Crippen molar-refractivity contribution in [1.29, 1.82) is 5.26 Å². The monoisotopic (exact) mass is 401 g/mol. The van der Waals surface area contributed by atoms with E-state index >= 15 is 0 Å². The first-order valence-corrected chi connectivity index (χ1v) is 10.1. The van der Waals surface area contributed by atoms with Gasteiger partial charge in [0.1, 0.15) is 5.69 Å². The molecular formula is C19H17ClN3O3P. The van der Waals surface area contributed by atoms with Crippen LogP contribution in [0.2, 0.25) is 5.02 Å². The highest BCUT2D eigenvalue weighted by molar-refractivity contribution is 7.75. The van der Waals surface area contributed by atoms with Crippen molar-refractivity contribution in [2.24, 2.45) is 5.73 Å². The molecule has 27 heavy (non-hydrogen) atoms. The predicted octanol–water partition coefficient (Wildman–Crippen LogP) is 3.17. The van der Waals surface area contributed by atoms with Crippen LogP contribution in [0.5, 0.6) is 0 Å². The summed E-state index contributed by atoms with van der Waals surface area (Å²) >= 11 is 6.11. The highest BCUT2D eigenvalue weighted by Crippen LogP contribution is 2.47. The summed E-state index contributed by atoms with van der Waals surface area (Å²) in [6.07, 6.45) is 0.167. The Balaban J connectivity index is 2.37. The van der Waals surface area contributed by atoms with Crippen LogP contribution in [0.15, 0.2) is 36.4 Å². The van der Waals surface area contributed by atoms with Crippen LogP contribution in [-0.4, -0.2) is 18.0 Å². The molecule has 138 valence electrons. The molecule has 3 N–H and O–H groups in total. The Hall–Kier alpha value is -2.58. The van der Waals surface area contributed by atoms with Gasteiger partial charge in [0.25, 0.3) is 13.3 Å². The Morgan fingerprint density at radius 1 is 1.33 bits per heavy atom. The molecule has 0 aliphatic heterocycles. The zero-order chi connectivity index (χ0) is 19.8. The lowest BCUT2D eigenvalue weighted by atomic mass is 10.1. The summed E-state index contributed by atoms with van der Waals surface area (Å²) in [5, 5.41) is 10.5. The summed E-state index contributed by atoms with van der Waals surface area (Å²) in [6, 6.07) is 12.3. The number of benzene rings is 2. The van der Waals surface area contributed by atoms with E-state index in [1.807, 2.05) is 13.0 Å². The lowest BCUT2D eigenvalue weighted by molar-refractivity contribution is 0.0997. The molecule has 0 spiro atoms. The van der Waals surface area contributed by atoms with E-state index in [1.165, 1.54) is 7.11 Å². The number of rotatable bonds is 5. The minimum Gasteiger partial charge on any atom is -0.364 e. The molecule has 0 aliphatic rings. The van der Waals surface area contributed by atoms with E-state index in [-0.39, 0.29) is 17.4 Å². The number of carbonyl (C=O) groups excluding carboxylic acids is 1. The van der Waals surface area contributed by atoms with Gasteiger partial charge in [0, 0.05) is 28.3 Å². The summed E-state index contributed by atoms with van der Waals surface area (Å²) in [4.78, 5) is 15.0. The summed E-state index contributed by atoms with van der Waals surface area (Å²) in [5.74, 6) is -0.750. The zero-order valence-corrected chi connectivity index (χ0v) is 16.4. The van der Waals surface area contributed by atoms with Crippen LogP contribution < -0.4 is 16.3 Å². The maximum absolute atomic E-state index is 14.0. The van der Waals surface area contributed by atoms with Gasteiger partial charge in [-0.15, -0.1) is 0 Å². The molecule has 1 aromatic heterocycles. The van der Waals surface area contributed by atoms with Gasteiger partial charge in [-0.2, -0.15) is 5.26 Å². The van der Waals surface area contributed by atoms with Gasteiger partial charge in [0.15, 0.2) is 0 Å². The largest absolute Gasteiger partial charge is 0.364 e. The van der Waals surface area contributed by atoms with Gasteiger partial charge in [-0.05, 0) is 48.4 Å². The number of hydrogen-bond acceptors (Lipinski definition) is 4. The van der Waals surface area contributed by atoms with Crippen LogP contribution in [0.3, 0.4) is 0 Å². The van der Waals surface area contributed by atoms with Crippen molar-refractivity contribution in [2.45, 2.75) is 13.3 Å². The lowest BCUT2D eigenvalue weighted by Crippen LogP contribution is -2.26. The molecule has 3 rings (SSSR count). The number of nitriles is 1. The normalized spacial score (nSPS) is 13.3. The summed E-state index contributed by atoms with van der Waals surface area (Å²) in [7, 11) is -2.37. The highest BCUT2D eigenvalue weighted by atomic mass is 35.5. The predicted molar refractivity (Wildman–Crippen MR) is 106 cm³/mol. The maximum atomic E-state index is 14.0. The van der Waals surface area contributed by atoms with Crippen LogP contribution in [0.1, 0.15) is 21.6 Å². The van der Waals surface area contributed by atoms with Crippen LogP contribution in [0.4, 0.5) is 0 Å². The molecule has 0 radical (unpaired) electrons. The van der Waals surface area contributed by atoms with Crippen molar-refractivity contribution < 1.29 is 13.9 Å². The number of nitrogens with one attached hydrogen (secondary N) is 1. The fourth-order valence-electron chi connectivity index (χ4n) is 3.16. The molecule has 0 aliphatic carbocycles. The number of H-pyrrole nitrogens is 1. The molecule has 1 amide bonds. The average molecular weight is 402 g/mol. The van der Waals surface area contributed by atoms with Crippen molar-refractivity contribution >= 4 is 46.4 Å². The van der Waals surface area contributed by atoms with Gasteiger partial charge in [0.05, 0.1) is 17.8 Å². The van der Waals surface area contributed by atoms with Crippen molar-refractivity contribution in [3.8, 4) is 6.07 Å². The Morgan fingerprint density at radius 2 is 2.07 bits per heavy atom. The van der Waals surface area contributed by atoms with Crippen molar-refractivity contribution in [2.75, 3.05) is 7.11 Å². The molecule has 3 aromatic rings. The van der Waals surface area contributed by atoms with Crippen LogP contribution >= 0.6 is 19.0 Å². The molecule has 6 nitrogen and oxygen atoms in total. The Morgan fingerprint density at radius 3 is 2.70 bits per heavy atom. The van der Waals surface area contributed by atoms with E-state index in [2.05, 4.69) is 11.1 Å². The SMILES string of the molecule is COP(=O)(c1cc(C)cc(CC#N)c1)c1c(C(N)=O)[nH]c2ccc(Cl)cc12. The van der Waals surface area contributed by atoms with E-state index in [4.69, 9.17) is 27.1 Å². The smallest absolute Gasteiger partial charge is 0.266 e. The molecule has 0 saturated carbocycles. The zero-order valence-electron chi connectivity index (χ0n) is 14.7. The fourth-order valence-corrected chi connectivity index (χ4v) is 5.66. The number of fused-ring (bicyclic) bond motifs is 1. The first-order chi connectivity index (χ1) is 12.8. The number of halogens is 1. The minimum absolute atomic E-state index is 0.0146. The third-order valence-corrected chi connectivity index (χ3v) is 7.02. The molecule has 1 unspecified atom stereocenters. The molecule has 2 aromatic carbocycles. The molecule has 0 fully saturated rings. The van der Waals surface area contributed by atoms with E-state index in [9.17, 15) is 9.36 Å². The molecule has 8 heteroatoms. The van der Waals surface area contributed by atoms with Crippen LogP contribution in [0, 0.1) is 18.3 Å². The van der Waals surface area contributed by atoms with Gasteiger partial charge < -0.3 is 15.2 Å². The number of primary amides is 1. The third-order valence-electron chi connectivity index (χ3n) is 4.28. The van der Waals surface area contributed by atoms with Crippen LogP contribution in [0.25, 0.3) is 10.9 Å².